The molecule has 0 aliphatic rings. The first-order valence-corrected chi connectivity index (χ1v) is 6.15. The van der Waals surface area contributed by atoms with Crippen LogP contribution in [-0.4, -0.2) is 6.54 Å². The minimum Gasteiger partial charge on any atom is -0.302 e. The van der Waals surface area contributed by atoms with Gasteiger partial charge < -0.3 is 5.32 Å². The lowest BCUT2D eigenvalue weighted by atomic mass is 10.1. The second kappa shape index (κ2) is 5.62. The van der Waals surface area contributed by atoms with Crippen molar-refractivity contribution in [1.29, 1.82) is 0 Å². The number of hydrogen-bond donors (Lipinski definition) is 1. The monoisotopic (exact) mass is 245 g/mol. The van der Waals surface area contributed by atoms with Gasteiger partial charge >= 0.3 is 0 Å². The average Bonchev–Trinajstić information content (AvgIpc) is 2.85. The maximum Gasteiger partial charge on any atom is 0.131 e. The Bertz CT molecular complexity index is 526. The Morgan fingerprint density at radius 2 is 2.24 bits per heavy atom. The van der Waals surface area contributed by atoms with Crippen molar-refractivity contribution in [1.82, 2.24) is 5.32 Å². The predicted octanol–water partition coefficient (Wildman–Crippen LogP) is 3.28. The molecular weight excluding hydrogens is 233 g/mol. The van der Waals surface area contributed by atoms with Gasteiger partial charge in [0.1, 0.15) is 5.82 Å². The van der Waals surface area contributed by atoms with Crippen LogP contribution in [0.2, 0.25) is 0 Å². The van der Waals surface area contributed by atoms with Crippen LogP contribution in [0.15, 0.2) is 35.7 Å². The maximum absolute atomic E-state index is 13.7. The highest BCUT2D eigenvalue weighted by molar-refractivity contribution is 7.13. The molecule has 1 nitrogen and oxygen atoms in total. The lowest BCUT2D eigenvalue weighted by Crippen LogP contribution is -2.13. The predicted molar refractivity (Wildman–Crippen MR) is 70.3 cm³/mol. The summed E-state index contributed by atoms with van der Waals surface area (Å²) >= 11 is 1.53. The zero-order valence-corrected chi connectivity index (χ0v) is 10.1. The molecule has 86 valence electrons. The fourth-order valence-corrected chi connectivity index (χ4v) is 2.33. The van der Waals surface area contributed by atoms with E-state index in [0.717, 1.165) is 10.4 Å². The van der Waals surface area contributed by atoms with Crippen LogP contribution >= 0.6 is 11.3 Å². The molecular formula is C14H12FNS. The quantitative estimate of drug-likeness (QED) is 0.644. The fourth-order valence-electron chi connectivity index (χ4n) is 1.58. The van der Waals surface area contributed by atoms with E-state index in [-0.39, 0.29) is 5.82 Å². The number of thiophene rings is 1. The third-order valence-electron chi connectivity index (χ3n) is 2.37. The summed E-state index contributed by atoms with van der Waals surface area (Å²) in [6.45, 7) is 1.18. The summed E-state index contributed by atoms with van der Waals surface area (Å²) in [5.41, 5.74) is 1.69. The van der Waals surface area contributed by atoms with Gasteiger partial charge in [-0.2, -0.15) is 0 Å². The van der Waals surface area contributed by atoms with E-state index in [2.05, 4.69) is 11.2 Å². The van der Waals surface area contributed by atoms with Crippen molar-refractivity contribution in [3.63, 3.8) is 0 Å². The second-order valence-corrected chi connectivity index (χ2v) is 4.55. The van der Waals surface area contributed by atoms with Gasteiger partial charge in [0.05, 0.1) is 6.54 Å². The van der Waals surface area contributed by atoms with E-state index in [4.69, 9.17) is 6.42 Å². The molecule has 1 N–H and O–H groups in total. The molecule has 0 saturated heterocycles. The third kappa shape index (κ3) is 2.94. The summed E-state index contributed by atoms with van der Waals surface area (Å²) in [5, 5.41) is 5.03. The summed E-state index contributed by atoms with van der Waals surface area (Å²) in [5.74, 6) is 2.32. The SMILES string of the molecule is C#CCNCc1ccc(F)c(-c2cccs2)c1. The molecule has 1 aromatic carbocycles. The van der Waals surface area contributed by atoms with Gasteiger partial charge in [-0.15, -0.1) is 17.8 Å². The van der Waals surface area contributed by atoms with Crippen molar-refractivity contribution in [3.8, 4) is 22.8 Å². The van der Waals surface area contributed by atoms with Crippen LogP contribution in [0.5, 0.6) is 0 Å². The maximum atomic E-state index is 13.7. The van der Waals surface area contributed by atoms with Gasteiger partial charge in [-0.25, -0.2) is 4.39 Å². The summed E-state index contributed by atoms with van der Waals surface area (Å²) in [6, 6.07) is 8.98. The lowest BCUT2D eigenvalue weighted by molar-refractivity contribution is 0.630. The van der Waals surface area contributed by atoms with Crippen molar-refractivity contribution >= 4 is 11.3 Å². The van der Waals surface area contributed by atoms with Crippen LogP contribution in [0.3, 0.4) is 0 Å². The van der Waals surface area contributed by atoms with E-state index in [1.807, 2.05) is 23.6 Å². The molecule has 0 amide bonds. The van der Waals surface area contributed by atoms with Gasteiger partial charge in [-0.3, -0.25) is 0 Å². The van der Waals surface area contributed by atoms with E-state index in [1.54, 1.807) is 6.07 Å². The van der Waals surface area contributed by atoms with Gasteiger partial charge in [0.2, 0.25) is 0 Å². The van der Waals surface area contributed by atoms with E-state index >= 15 is 0 Å². The van der Waals surface area contributed by atoms with E-state index < -0.39 is 0 Å². The standard InChI is InChI=1S/C14H12FNS/c1-2-7-16-10-11-5-6-13(15)12(9-11)14-4-3-8-17-14/h1,3-6,8-9,16H,7,10H2. The normalized spacial score (nSPS) is 10.1. The average molecular weight is 245 g/mol. The molecule has 0 unspecified atom stereocenters. The zero-order chi connectivity index (χ0) is 12.1. The van der Waals surface area contributed by atoms with Crippen molar-refractivity contribution in [2.24, 2.45) is 0 Å². The highest BCUT2D eigenvalue weighted by atomic mass is 32.1. The van der Waals surface area contributed by atoms with Gasteiger partial charge in [0, 0.05) is 17.0 Å². The smallest absolute Gasteiger partial charge is 0.131 e. The Labute approximate surface area is 104 Å². The van der Waals surface area contributed by atoms with Gasteiger partial charge in [0.25, 0.3) is 0 Å². The Hall–Kier alpha value is -1.63. The molecule has 1 heterocycles. The fraction of sp³-hybridized carbons (Fsp3) is 0.143. The summed E-state index contributed by atoms with van der Waals surface area (Å²) in [4.78, 5) is 0.946. The van der Waals surface area contributed by atoms with Gasteiger partial charge in [-0.1, -0.05) is 18.1 Å². The molecule has 0 aliphatic heterocycles. The molecule has 1 aromatic heterocycles. The van der Waals surface area contributed by atoms with Gasteiger partial charge in [-0.05, 0) is 29.1 Å². The molecule has 17 heavy (non-hydrogen) atoms. The first kappa shape index (κ1) is 11.8. The van der Waals surface area contributed by atoms with E-state index in [0.29, 0.717) is 18.7 Å². The second-order valence-electron chi connectivity index (χ2n) is 3.60. The summed E-state index contributed by atoms with van der Waals surface area (Å²) in [7, 11) is 0. The van der Waals surface area contributed by atoms with Crippen LogP contribution in [0.25, 0.3) is 10.4 Å². The highest BCUT2D eigenvalue weighted by Gasteiger charge is 2.06. The van der Waals surface area contributed by atoms with Gasteiger partial charge in [0.15, 0.2) is 0 Å². The first-order valence-electron chi connectivity index (χ1n) is 5.28. The molecule has 0 saturated carbocycles. The van der Waals surface area contributed by atoms with Crippen molar-refractivity contribution in [2.45, 2.75) is 6.54 Å². The molecule has 2 aromatic rings. The topological polar surface area (TPSA) is 12.0 Å². The van der Waals surface area contributed by atoms with E-state index in [9.17, 15) is 4.39 Å². The molecule has 0 bridgehead atoms. The molecule has 0 spiro atoms. The number of terminal acetylenes is 1. The number of benzene rings is 1. The minimum absolute atomic E-state index is 0.187. The van der Waals surface area contributed by atoms with Crippen LogP contribution in [-0.2, 0) is 6.54 Å². The number of halogens is 1. The molecule has 2 rings (SSSR count). The third-order valence-corrected chi connectivity index (χ3v) is 3.28. The van der Waals surface area contributed by atoms with Crippen molar-refractivity contribution < 1.29 is 4.39 Å². The van der Waals surface area contributed by atoms with Crippen molar-refractivity contribution in [2.75, 3.05) is 6.54 Å². The van der Waals surface area contributed by atoms with Crippen LogP contribution in [0, 0.1) is 18.2 Å². The number of nitrogens with one attached hydrogen (secondary N) is 1. The Balaban J connectivity index is 2.22. The van der Waals surface area contributed by atoms with Crippen LogP contribution in [0.1, 0.15) is 5.56 Å². The summed E-state index contributed by atoms with van der Waals surface area (Å²) in [6.07, 6.45) is 5.15. The number of rotatable bonds is 4. The first-order chi connectivity index (χ1) is 8.31. The molecule has 3 heteroatoms. The molecule has 0 fully saturated rings. The molecule has 0 radical (unpaired) electrons. The largest absolute Gasteiger partial charge is 0.302 e. The zero-order valence-electron chi connectivity index (χ0n) is 9.24. The van der Waals surface area contributed by atoms with E-state index in [1.165, 1.54) is 17.4 Å². The van der Waals surface area contributed by atoms with Crippen LogP contribution in [0.4, 0.5) is 4.39 Å². The number of hydrogen-bond acceptors (Lipinski definition) is 2. The summed E-state index contributed by atoms with van der Waals surface area (Å²) < 4.78 is 13.7. The Kier molecular flexibility index (Phi) is 3.92. The Morgan fingerprint density at radius 3 is 2.94 bits per heavy atom. The molecule has 0 aliphatic carbocycles. The van der Waals surface area contributed by atoms with Crippen molar-refractivity contribution in [3.05, 3.63) is 47.1 Å². The van der Waals surface area contributed by atoms with Crippen LogP contribution < -0.4 is 5.32 Å². The molecule has 0 atom stereocenters. The Morgan fingerprint density at radius 1 is 1.35 bits per heavy atom. The lowest BCUT2D eigenvalue weighted by Gasteiger charge is -2.05. The highest BCUT2D eigenvalue weighted by Crippen LogP contribution is 2.28. The minimum atomic E-state index is -0.187.